The van der Waals surface area contributed by atoms with E-state index < -0.39 is 5.97 Å². The molecule has 1 heterocycles. The Balaban J connectivity index is 2.34. The molecular weight excluding hydrogens is 286 g/mol. The lowest BCUT2D eigenvalue weighted by molar-refractivity contribution is -0.301. The molecule has 0 spiro atoms. The molecule has 2 aromatic rings. The molecule has 0 N–H and O–H groups in total. The maximum atomic E-state index is 10.5. The fourth-order valence-electron chi connectivity index (χ4n) is 1.65. The molecule has 19 heavy (non-hydrogen) atoms. The minimum Gasteiger partial charge on any atom is -0.549 e. The number of thioether (sulfide) groups is 1. The van der Waals surface area contributed by atoms with Gasteiger partial charge in [0.25, 0.3) is 0 Å². The van der Waals surface area contributed by atoms with Crippen molar-refractivity contribution in [1.82, 2.24) is 14.8 Å². The Morgan fingerprint density at radius 1 is 1.47 bits per heavy atom. The van der Waals surface area contributed by atoms with Gasteiger partial charge < -0.3 is 14.5 Å². The normalized spacial score (nSPS) is 10.6. The third kappa shape index (κ3) is 3.27. The van der Waals surface area contributed by atoms with Crippen LogP contribution in [-0.2, 0) is 11.3 Å². The van der Waals surface area contributed by atoms with Crippen molar-refractivity contribution in [1.29, 1.82) is 0 Å². The zero-order valence-electron chi connectivity index (χ0n) is 10.2. The molecule has 0 atom stereocenters. The molecule has 0 bridgehead atoms. The van der Waals surface area contributed by atoms with Gasteiger partial charge in [0.15, 0.2) is 11.0 Å². The highest BCUT2D eigenvalue weighted by molar-refractivity contribution is 7.99. The first kappa shape index (κ1) is 13.9. The summed E-state index contributed by atoms with van der Waals surface area (Å²) in [6.45, 7) is 2.59. The quantitative estimate of drug-likeness (QED) is 0.781. The van der Waals surface area contributed by atoms with Crippen LogP contribution in [0.2, 0.25) is 5.02 Å². The largest absolute Gasteiger partial charge is 0.549 e. The zero-order valence-corrected chi connectivity index (χ0v) is 11.7. The number of aliphatic carboxylic acids is 1. The molecule has 0 aliphatic rings. The number of halogens is 1. The molecule has 0 fully saturated rings. The van der Waals surface area contributed by atoms with Crippen molar-refractivity contribution in [2.24, 2.45) is 0 Å². The third-order valence-corrected chi connectivity index (χ3v) is 3.61. The van der Waals surface area contributed by atoms with Gasteiger partial charge in [-0.05, 0) is 19.1 Å². The second-order valence-electron chi connectivity index (χ2n) is 3.72. The summed E-state index contributed by atoms with van der Waals surface area (Å²) < 4.78 is 1.85. The van der Waals surface area contributed by atoms with Gasteiger partial charge >= 0.3 is 0 Å². The van der Waals surface area contributed by atoms with E-state index in [0.717, 1.165) is 17.3 Å². The average molecular weight is 297 g/mol. The van der Waals surface area contributed by atoms with Crippen LogP contribution in [0.4, 0.5) is 0 Å². The van der Waals surface area contributed by atoms with Crippen LogP contribution < -0.4 is 5.11 Å². The molecule has 0 unspecified atom stereocenters. The van der Waals surface area contributed by atoms with E-state index in [1.807, 2.05) is 23.6 Å². The van der Waals surface area contributed by atoms with Crippen LogP contribution in [0.15, 0.2) is 29.4 Å². The number of carboxylic acids is 1. The Kier molecular flexibility index (Phi) is 4.44. The van der Waals surface area contributed by atoms with Gasteiger partial charge in [-0.2, -0.15) is 0 Å². The topological polar surface area (TPSA) is 70.8 Å². The fraction of sp³-hybridized carbons (Fsp3) is 0.250. The van der Waals surface area contributed by atoms with Crippen LogP contribution in [0.3, 0.4) is 0 Å². The fourth-order valence-corrected chi connectivity index (χ4v) is 2.55. The van der Waals surface area contributed by atoms with Crippen molar-refractivity contribution < 1.29 is 9.90 Å². The van der Waals surface area contributed by atoms with Crippen LogP contribution in [0, 0.1) is 0 Å². The molecule has 0 radical (unpaired) electrons. The molecule has 0 aliphatic carbocycles. The van der Waals surface area contributed by atoms with Gasteiger partial charge in [0.2, 0.25) is 0 Å². The van der Waals surface area contributed by atoms with Crippen molar-refractivity contribution in [3.05, 3.63) is 29.3 Å². The van der Waals surface area contributed by atoms with Crippen molar-refractivity contribution in [3.63, 3.8) is 0 Å². The Labute approximate surface area is 119 Å². The highest BCUT2D eigenvalue weighted by atomic mass is 35.5. The number of carbonyl (C=O) groups is 1. The molecule has 0 amide bonds. The lowest BCUT2D eigenvalue weighted by Crippen LogP contribution is -2.24. The number of carboxylic acid groups (broad SMARTS) is 1. The van der Waals surface area contributed by atoms with E-state index in [1.54, 1.807) is 12.1 Å². The summed E-state index contributed by atoms with van der Waals surface area (Å²) >= 11 is 7.04. The van der Waals surface area contributed by atoms with Crippen LogP contribution in [-0.4, -0.2) is 26.5 Å². The lowest BCUT2D eigenvalue weighted by atomic mass is 10.2. The highest BCUT2D eigenvalue weighted by Gasteiger charge is 2.13. The van der Waals surface area contributed by atoms with E-state index in [4.69, 9.17) is 11.6 Å². The van der Waals surface area contributed by atoms with Gasteiger partial charge in [-0.15, -0.1) is 10.2 Å². The summed E-state index contributed by atoms with van der Waals surface area (Å²) in [6, 6.07) is 7.30. The van der Waals surface area contributed by atoms with Gasteiger partial charge in [-0.1, -0.05) is 35.5 Å². The predicted octanol–water partition coefficient (Wildman–Crippen LogP) is 1.46. The van der Waals surface area contributed by atoms with E-state index in [-0.39, 0.29) is 5.75 Å². The second kappa shape index (κ2) is 6.08. The zero-order chi connectivity index (χ0) is 13.8. The summed E-state index contributed by atoms with van der Waals surface area (Å²) in [7, 11) is 0. The maximum absolute atomic E-state index is 10.5. The summed E-state index contributed by atoms with van der Waals surface area (Å²) in [5, 5.41) is 19.8. The molecule has 0 saturated heterocycles. The predicted molar refractivity (Wildman–Crippen MR) is 71.9 cm³/mol. The Hall–Kier alpha value is -1.53. The Bertz CT molecular complexity index is 600. The van der Waals surface area contributed by atoms with Crippen LogP contribution >= 0.6 is 23.4 Å². The molecule has 0 aliphatic heterocycles. The average Bonchev–Trinajstić information content (AvgIpc) is 2.79. The van der Waals surface area contributed by atoms with Crippen LogP contribution in [0.25, 0.3) is 11.4 Å². The van der Waals surface area contributed by atoms with Gasteiger partial charge in [0.05, 0.1) is 5.97 Å². The van der Waals surface area contributed by atoms with E-state index in [1.165, 1.54) is 0 Å². The van der Waals surface area contributed by atoms with Crippen molar-refractivity contribution in [3.8, 4) is 11.4 Å². The van der Waals surface area contributed by atoms with E-state index >= 15 is 0 Å². The molecule has 100 valence electrons. The number of nitrogens with zero attached hydrogens (tertiary/aromatic N) is 3. The molecule has 7 heteroatoms. The standard InChI is InChI=1S/C12H12ClN3O2S/c1-2-16-11(8-4-3-5-9(13)6-8)14-15-12(16)19-7-10(17)18/h3-6H,2,7H2,1H3,(H,17,18)/p-1. The highest BCUT2D eigenvalue weighted by Crippen LogP contribution is 2.25. The molecule has 0 saturated carbocycles. The summed E-state index contributed by atoms with van der Waals surface area (Å²) in [5.41, 5.74) is 0.849. The van der Waals surface area contributed by atoms with Crippen LogP contribution in [0.1, 0.15) is 6.92 Å². The number of benzene rings is 1. The number of rotatable bonds is 5. The van der Waals surface area contributed by atoms with E-state index in [2.05, 4.69) is 10.2 Å². The Morgan fingerprint density at radius 2 is 2.26 bits per heavy atom. The van der Waals surface area contributed by atoms with Gasteiger partial charge in [-0.25, -0.2) is 0 Å². The van der Waals surface area contributed by atoms with E-state index in [0.29, 0.717) is 22.5 Å². The molecule has 1 aromatic heterocycles. The maximum Gasteiger partial charge on any atom is 0.191 e. The number of carbonyl (C=O) groups excluding carboxylic acids is 1. The summed E-state index contributed by atoms with van der Waals surface area (Å²) in [6.07, 6.45) is 0. The number of aromatic nitrogens is 3. The van der Waals surface area contributed by atoms with E-state index in [9.17, 15) is 9.90 Å². The molecule has 1 aromatic carbocycles. The summed E-state index contributed by atoms with van der Waals surface area (Å²) in [5.74, 6) is -0.598. The van der Waals surface area contributed by atoms with Crippen molar-refractivity contribution in [2.75, 3.05) is 5.75 Å². The third-order valence-electron chi connectivity index (χ3n) is 2.44. The first-order chi connectivity index (χ1) is 9.11. The smallest absolute Gasteiger partial charge is 0.191 e. The Morgan fingerprint density at radius 3 is 2.89 bits per heavy atom. The van der Waals surface area contributed by atoms with Gasteiger partial charge in [0.1, 0.15) is 0 Å². The monoisotopic (exact) mass is 296 g/mol. The molecule has 2 rings (SSSR count). The number of hydrogen-bond acceptors (Lipinski definition) is 5. The van der Waals surface area contributed by atoms with Gasteiger partial charge in [-0.3, -0.25) is 0 Å². The van der Waals surface area contributed by atoms with Gasteiger partial charge in [0, 0.05) is 22.9 Å². The summed E-state index contributed by atoms with van der Waals surface area (Å²) in [4.78, 5) is 10.5. The minimum absolute atomic E-state index is 0.145. The first-order valence-corrected chi connectivity index (χ1v) is 7.00. The second-order valence-corrected chi connectivity index (χ2v) is 5.10. The number of hydrogen-bond donors (Lipinski definition) is 0. The first-order valence-electron chi connectivity index (χ1n) is 5.63. The minimum atomic E-state index is -1.13. The molecular formula is C12H11ClN3O2S-. The van der Waals surface area contributed by atoms with Crippen LogP contribution in [0.5, 0.6) is 0 Å². The van der Waals surface area contributed by atoms with Crippen molar-refractivity contribution in [2.45, 2.75) is 18.6 Å². The molecule has 5 nitrogen and oxygen atoms in total. The SMILES string of the molecule is CCn1c(SCC(=O)[O-])nnc1-c1cccc(Cl)c1. The lowest BCUT2D eigenvalue weighted by Gasteiger charge is -2.07. The van der Waals surface area contributed by atoms with Crippen molar-refractivity contribution >= 4 is 29.3 Å².